The minimum absolute atomic E-state index is 0.0921. The van der Waals surface area contributed by atoms with Crippen LogP contribution in [-0.2, 0) is 18.4 Å². The number of carbonyl (C=O) groups excluding carboxylic acids is 1. The summed E-state index contributed by atoms with van der Waals surface area (Å²) in [5.74, 6) is -1.47. The first-order valence-electron chi connectivity index (χ1n) is 8.81. The number of alkyl halides is 3. The van der Waals surface area contributed by atoms with Crippen molar-refractivity contribution < 1.29 is 27.9 Å². The van der Waals surface area contributed by atoms with Gasteiger partial charge in [-0.05, 0) is 11.8 Å². The van der Waals surface area contributed by atoms with Crippen molar-refractivity contribution in [1.82, 2.24) is 24.6 Å². The number of thiazole rings is 1. The third-order valence-electron chi connectivity index (χ3n) is 4.91. The van der Waals surface area contributed by atoms with Gasteiger partial charge in [-0.15, -0.1) is 11.3 Å². The Hall–Kier alpha value is -2.47. The van der Waals surface area contributed by atoms with Crippen LogP contribution >= 0.6 is 11.3 Å². The number of carboxylic acid groups (broad SMARTS) is 1. The lowest BCUT2D eigenvalue weighted by Crippen LogP contribution is -2.33. The van der Waals surface area contributed by atoms with Gasteiger partial charge in [0.25, 0.3) is 5.91 Å². The Morgan fingerprint density at radius 2 is 1.86 bits per heavy atom. The molecule has 4 heterocycles. The van der Waals surface area contributed by atoms with E-state index in [1.54, 1.807) is 5.51 Å². The number of aromatic nitrogens is 3. The molecule has 1 amide bonds. The highest BCUT2D eigenvalue weighted by Gasteiger charge is 2.42. The van der Waals surface area contributed by atoms with Crippen LogP contribution in [0.2, 0.25) is 0 Å². The number of halogens is 3. The fourth-order valence-corrected chi connectivity index (χ4v) is 4.20. The number of rotatable bonds is 3. The van der Waals surface area contributed by atoms with Crippen molar-refractivity contribution in [3.8, 4) is 0 Å². The number of nitrogens with zero attached hydrogens (tertiary/aromatic N) is 5. The van der Waals surface area contributed by atoms with Gasteiger partial charge in [0.1, 0.15) is 5.69 Å². The van der Waals surface area contributed by atoms with Crippen molar-refractivity contribution in [2.24, 2.45) is 18.9 Å². The standard InChI is InChI=1S/C15H19N5OS.C2HF3O2/c1-18-3-11(2-17-18)4-19-5-12-7-20(8-13(12)6-19)15(21)14-9-22-10-16-14;3-2(4,5)1(6)7/h2-3,9-10,12-13H,4-8H2,1H3;(H,6,7). The molecule has 8 nitrogen and oxygen atoms in total. The molecule has 2 aliphatic heterocycles. The van der Waals surface area contributed by atoms with E-state index in [0.29, 0.717) is 17.5 Å². The maximum absolute atomic E-state index is 12.4. The van der Waals surface area contributed by atoms with Crippen LogP contribution in [0.1, 0.15) is 16.1 Å². The van der Waals surface area contributed by atoms with Crippen LogP contribution in [0.4, 0.5) is 13.2 Å². The molecule has 2 aliphatic rings. The molecule has 4 rings (SSSR count). The maximum atomic E-state index is 12.4. The number of hydrogen-bond donors (Lipinski definition) is 1. The van der Waals surface area contributed by atoms with Crippen LogP contribution < -0.4 is 0 Å². The molecule has 158 valence electrons. The molecule has 2 atom stereocenters. The molecule has 1 N–H and O–H groups in total. The third kappa shape index (κ3) is 5.32. The average Bonchev–Trinajstić information content (AvgIpc) is 3.38. The summed E-state index contributed by atoms with van der Waals surface area (Å²) in [6.45, 7) is 4.83. The van der Waals surface area contributed by atoms with Crippen molar-refractivity contribution in [2.45, 2.75) is 12.7 Å². The van der Waals surface area contributed by atoms with Gasteiger partial charge >= 0.3 is 12.1 Å². The number of carbonyl (C=O) groups is 2. The summed E-state index contributed by atoms with van der Waals surface area (Å²) in [6, 6.07) is 0. The van der Waals surface area contributed by atoms with E-state index in [1.165, 1.54) is 16.9 Å². The Balaban J connectivity index is 0.000000298. The number of aryl methyl sites for hydroxylation is 1. The first-order valence-corrected chi connectivity index (χ1v) is 9.75. The van der Waals surface area contributed by atoms with Crippen LogP contribution in [0.25, 0.3) is 0 Å². The zero-order chi connectivity index (χ0) is 21.2. The Morgan fingerprint density at radius 1 is 1.24 bits per heavy atom. The molecule has 0 saturated carbocycles. The molecular formula is C17H20F3N5O3S. The fraction of sp³-hybridized carbons (Fsp3) is 0.529. The van der Waals surface area contributed by atoms with Crippen molar-refractivity contribution in [3.63, 3.8) is 0 Å². The minimum Gasteiger partial charge on any atom is -0.475 e. The lowest BCUT2D eigenvalue weighted by Gasteiger charge is -2.20. The summed E-state index contributed by atoms with van der Waals surface area (Å²) < 4.78 is 33.6. The van der Waals surface area contributed by atoms with E-state index in [0.717, 1.165) is 32.7 Å². The average molecular weight is 431 g/mol. The van der Waals surface area contributed by atoms with Gasteiger partial charge in [-0.25, -0.2) is 9.78 Å². The lowest BCUT2D eigenvalue weighted by atomic mass is 10.0. The number of likely N-dealkylation sites (tertiary alicyclic amines) is 2. The fourth-order valence-electron chi connectivity index (χ4n) is 3.68. The molecule has 12 heteroatoms. The summed E-state index contributed by atoms with van der Waals surface area (Å²) in [5, 5.41) is 13.2. The minimum atomic E-state index is -5.08. The van der Waals surface area contributed by atoms with Gasteiger partial charge in [-0.1, -0.05) is 0 Å². The Labute approximate surface area is 168 Å². The molecule has 2 saturated heterocycles. The largest absolute Gasteiger partial charge is 0.490 e. The highest BCUT2D eigenvalue weighted by Crippen LogP contribution is 2.32. The van der Waals surface area contributed by atoms with Crippen LogP contribution in [0.5, 0.6) is 0 Å². The molecule has 2 unspecified atom stereocenters. The Bertz CT molecular complexity index is 841. The zero-order valence-corrected chi connectivity index (χ0v) is 16.4. The SMILES string of the molecule is Cn1cc(CN2CC3CN(C(=O)c4cscn4)CC3C2)cn1.O=C(O)C(F)(F)F. The molecule has 29 heavy (non-hydrogen) atoms. The molecule has 2 aromatic heterocycles. The van der Waals surface area contributed by atoms with Crippen molar-refractivity contribution in [2.75, 3.05) is 26.2 Å². The van der Waals surface area contributed by atoms with Crippen LogP contribution in [0.3, 0.4) is 0 Å². The second-order valence-electron chi connectivity index (χ2n) is 7.12. The van der Waals surface area contributed by atoms with Gasteiger partial charge < -0.3 is 10.0 Å². The van der Waals surface area contributed by atoms with Crippen LogP contribution in [0.15, 0.2) is 23.3 Å². The van der Waals surface area contributed by atoms with Crippen molar-refractivity contribution >= 4 is 23.2 Å². The van der Waals surface area contributed by atoms with E-state index in [9.17, 15) is 18.0 Å². The smallest absolute Gasteiger partial charge is 0.475 e. The maximum Gasteiger partial charge on any atom is 0.490 e. The van der Waals surface area contributed by atoms with Crippen molar-refractivity contribution in [3.05, 3.63) is 34.5 Å². The van der Waals surface area contributed by atoms with Gasteiger partial charge in [0.05, 0.1) is 11.7 Å². The highest BCUT2D eigenvalue weighted by atomic mass is 32.1. The van der Waals surface area contributed by atoms with Crippen molar-refractivity contribution in [1.29, 1.82) is 0 Å². The van der Waals surface area contributed by atoms with E-state index in [2.05, 4.69) is 21.2 Å². The van der Waals surface area contributed by atoms with E-state index in [1.807, 2.05) is 28.2 Å². The number of hydrogen-bond acceptors (Lipinski definition) is 6. The molecule has 0 aromatic carbocycles. The predicted octanol–water partition coefficient (Wildman–Crippen LogP) is 1.71. The van der Waals surface area contributed by atoms with Gasteiger partial charge in [-0.2, -0.15) is 18.3 Å². The van der Waals surface area contributed by atoms with Crippen LogP contribution in [0, 0.1) is 11.8 Å². The second-order valence-corrected chi connectivity index (χ2v) is 7.84. The van der Waals surface area contributed by atoms with E-state index < -0.39 is 12.1 Å². The van der Waals surface area contributed by atoms with Gasteiger partial charge in [0.15, 0.2) is 0 Å². The summed E-state index contributed by atoms with van der Waals surface area (Å²) in [6.07, 6.45) is -1.07. The molecule has 0 radical (unpaired) electrons. The molecule has 2 fully saturated rings. The Kier molecular flexibility index (Phi) is 6.22. The third-order valence-corrected chi connectivity index (χ3v) is 5.49. The van der Waals surface area contributed by atoms with Crippen LogP contribution in [-0.4, -0.2) is 73.9 Å². The second kappa shape index (κ2) is 8.49. The van der Waals surface area contributed by atoms with E-state index in [-0.39, 0.29) is 5.91 Å². The summed E-state index contributed by atoms with van der Waals surface area (Å²) in [7, 11) is 1.95. The first kappa shape index (κ1) is 21.2. The monoisotopic (exact) mass is 431 g/mol. The van der Waals surface area contributed by atoms with E-state index in [4.69, 9.17) is 9.90 Å². The lowest BCUT2D eigenvalue weighted by molar-refractivity contribution is -0.192. The normalized spacial score (nSPS) is 21.6. The highest BCUT2D eigenvalue weighted by molar-refractivity contribution is 7.07. The number of fused-ring (bicyclic) bond motifs is 1. The summed E-state index contributed by atoms with van der Waals surface area (Å²) in [4.78, 5) is 29.9. The number of amides is 1. The summed E-state index contributed by atoms with van der Waals surface area (Å²) >= 11 is 1.48. The van der Waals surface area contributed by atoms with E-state index >= 15 is 0 Å². The first-order chi connectivity index (χ1) is 13.6. The summed E-state index contributed by atoms with van der Waals surface area (Å²) in [5.41, 5.74) is 3.58. The molecule has 0 spiro atoms. The molecule has 2 aromatic rings. The number of aliphatic carboxylic acids is 1. The Morgan fingerprint density at radius 3 is 2.31 bits per heavy atom. The quantitative estimate of drug-likeness (QED) is 0.796. The predicted molar refractivity (Wildman–Crippen MR) is 97.2 cm³/mol. The van der Waals surface area contributed by atoms with Gasteiger partial charge in [-0.3, -0.25) is 14.4 Å². The molecule has 0 aliphatic carbocycles. The van der Waals surface area contributed by atoms with Gasteiger partial charge in [0.2, 0.25) is 0 Å². The molecular weight excluding hydrogens is 411 g/mol. The number of carboxylic acids is 1. The van der Waals surface area contributed by atoms with Gasteiger partial charge in [0, 0.05) is 56.9 Å². The zero-order valence-electron chi connectivity index (χ0n) is 15.5. The topological polar surface area (TPSA) is 91.6 Å². The molecule has 0 bridgehead atoms.